The van der Waals surface area contributed by atoms with Gasteiger partial charge in [-0.15, -0.1) is 0 Å². The Morgan fingerprint density at radius 1 is 1.16 bits per heavy atom. The van der Waals surface area contributed by atoms with Gasteiger partial charge in [0.15, 0.2) is 12.7 Å². The molecule has 4 atom stereocenters. The molecule has 0 heterocycles. The topological polar surface area (TPSA) is 223 Å². The summed E-state index contributed by atoms with van der Waals surface area (Å²) in [4.78, 5) is 41.1. The molecule has 12 nitrogen and oxygen atoms in total. The van der Waals surface area contributed by atoms with Crippen LogP contribution in [0.2, 0.25) is 0 Å². The van der Waals surface area contributed by atoms with Crippen LogP contribution in [0.3, 0.4) is 0 Å². The zero-order valence-electron chi connectivity index (χ0n) is 13.4. The summed E-state index contributed by atoms with van der Waals surface area (Å²) < 4.78 is 19.6. The number of Topliss-reactive ketones (excluding diaryl/α,β-unsaturated/α-hetero) is 1. The van der Waals surface area contributed by atoms with Crippen LogP contribution in [-0.4, -0.2) is 81.0 Å². The average Bonchev–Trinajstić information content (AvgIpc) is 2.55. The molecule has 0 rings (SSSR count). The van der Waals surface area contributed by atoms with Crippen molar-refractivity contribution in [3.05, 3.63) is 0 Å². The zero-order chi connectivity index (χ0) is 19.6. The lowest BCUT2D eigenvalue weighted by Gasteiger charge is -2.25. The fourth-order valence-electron chi connectivity index (χ4n) is 1.73. The molecule has 0 saturated heterocycles. The van der Waals surface area contributed by atoms with Crippen LogP contribution < -0.4 is 11.5 Å². The second kappa shape index (κ2) is 11.6. The van der Waals surface area contributed by atoms with E-state index in [0.717, 1.165) is 0 Å². The van der Waals surface area contributed by atoms with Crippen LogP contribution in [0.15, 0.2) is 0 Å². The highest BCUT2D eigenvalue weighted by Gasteiger charge is 2.38. The van der Waals surface area contributed by atoms with Crippen molar-refractivity contribution in [1.29, 1.82) is 0 Å². The summed E-state index contributed by atoms with van der Waals surface area (Å²) in [7, 11) is -5.22. The van der Waals surface area contributed by atoms with Gasteiger partial charge in [-0.05, 0) is 19.4 Å². The maximum absolute atomic E-state index is 11.9. The first-order valence-electron chi connectivity index (χ1n) is 7.39. The molecular formula is C12H25N2O10P. The summed E-state index contributed by atoms with van der Waals surface area (Å²) in [6.45, 7) is -1.57. The number of rotatable bonds is 13. The molecule has 9 N–H and O–H groups in total. The van der Waals surface area contributed by atoms with Crippen LogP contribution >= 0.6 is 7.82 Å². The van der Waals surface area contributed by atoms with E-state index in [1.807, 2.05) is 0 Å². The summed E-state index contributed by atoms with van der Waals surface area (Å²) in [5, 5.41) is 27.7. The highest BCUT2D eigenvalue weighted by atomic mass is 31.2. The lowest BCUT2D eigenvalue weighted by Crippen LogP contribution is -2.47. The Bertz CT molecular complexity index is 471. The molecule has 0 fully saturated rings. The van der Waals surface area contributed by atoms with E-state index in [9.17, 15) is 24.4 Å². The molecular weight excluding hydrogens is 363 g/mol. The predicted octanol–water partition coefficient (Wildman–Crippen LogP) is -3.25. The third-order valence-electron chi connectivity index (χ3n) is 3.09. The van der Waals surface area contributed by atoms with Crippen LogP contribution in [0.25, 0.3) is 0 Å². The van der Waals surface area contributed by atoms with Crippen molar-refractivity contribution in [2.45, 2.75) is 43.6 Å². The highest BCUT2D eigenvalue weighted by molar-refractivity contribution is 7.46. The first kappa shape index (κ1) is 24.1. The maximum atomic E-state index is 11.9. The fraction of sp³-hybridized carbons (Fsp3) is 0.833. The number of phosphoric acid groups is 1. The molecule has 0 saturated carbocycles. The van der Waals surface area contributed by atoms with E-state index in [2.05, 4.69) is 9.26 Å². The number of unbranched alkanes of at least 4 members (excludes halogenated alkanes) is 1. The van der Waals surface area contributed by atoms with Crippen molar-refractivity contribution in [2.75, 3.05) is 19.8 Å². The monoisotopic (exact) mass is 388 g/mol. The minimum absolute atomic E-state index is 0.262. The number of hydrogen-bond acceptors (Lipinski definition) is 10. The van der Waals surface area contributed by atoms with Crippen molar-refractivity contribution in [2.24, 2.45) is 11.5 Å². The van der Waals surface area contributed by atoms with E-state index in [0.29, 0.717) is 19.4 Å². The van der Waals surface area contributed by atoms with E-state index < -0.39 is 57.1 Å². The molecule has 148 valence electrons. The van der Waals surface area contributed by atoms with Crippen molar-refractivity contribution in [1.82, 2.24) is 0 Å². The van der Waals surface area contributed by atoms with E-state index >= 15 is 0 Å². The Morgan fingerprint density at radius 3 is 2.24 bits per heavy atom. The van der Waals surface area contributed by atoms with Gasteiger partial charge < -0.3 is 41.3 Å². The van der Waals surface area contributed by atoms with Gasteiger partial charge in [0.05, 0.1) is 6.61 Å². The zero-order valence-corrected chi connectivity index (χ0v) is 14.3. The number of ether oxygens (including phenoxy) is 1. The lowest BCUT2D eigenvalue weighted by atomic mass is 10.1. The number of phosphoric ester groups is 1. The van der Waals surface area contributed by atoms with E-state index in [-0.39, 0.29) is 6.42 Å². The van der Waals surface area contributed by atoms with Crippen molar-refractivity contribution in [3.8, 4) is 0 Å². The van der Waals surface area contributed by atoms with Crippen LogP contribution in [0.1, 0.15) is 19.3 Å². The van der Waals surface area contributed by atoms with E-state index in [1.165, 1.54) is 0 Å². The third kappa shape index (κ3) is 9.94. The Hall–Kier alpha value is -0.950. The molecule has 0 amide bonds. The molecule has 0 aromatic carbocycles. The lowest BCUT2D eigenvalue weighted by molar-refractivity contribution is -0.155. The minimum atomic E-state index is -5.22. The predicted molar refractivity (Wildman–Crippen MR) is 82.9 cm³/mol. The summed E-state index contributed by atoms with van der Waals surface area (Å²) >= 11 is 0. The minimum Gasteiger partial charge on any atom is -0.456 e. The van der Waals surface area contributed by atoms with Crippen LogP contribution in [-0.2, 0) is 23.4 Å². The fourth-order valence-corrected chi connectivity index (χ4v) is 2.27. The normalized spacial score (nSPS) is 16.8. The largest absolute Gasteiger partial charge is 0.470 e. The van der Waals surface area contributed by atoms with Crippen molar-refractivity contribution in [3.63, 3.8) is 0 Å². The maximum Gasteiger partial charge on any atom is 0.470 e. The van der Waals surface area contributed by atoms with Gasteiger partial charge in [0.25, 0.3) is 0 Å². The summed E-state index contributed by atoms with van der Waals surface area (Å²) in [6, 6.07) is -1.02. The number of carbonyl (C=O) groups is 2. The Kier molecular flexibility index (Phi) is 11.2. The second-order valence-electron chi connectivity index (χ2n) is 5.22. The van der Waals surface area contributed by atoms with Gasteiger partial charge >= 0.3 is 13.8 Å². The molecule has 13 heteroatoms. The Balaban J connectivity index is 4.75. The number of ketones is 1. The molecule has 25 heavy (non-hydrogen) atoms. The number of aliphatic hydroxyl groups is 3. The van der Waals surface area contributed by atoms with Crippen molar-refractivity contribution < 1.29 is 48.5 Å². The smallest absolute Gasteiger partial charge is 0.456 e. The number of esters is 1. The molecule has 0 aromatic heterocycles. The molecule has 0 spiro atoms. The van der Waals surface area contributed by atoms with Gasteiger partial charge in [0.2, 0.25) is 5.78 Å². The van der Waals surface area contributed by atoms with Crippen molar-refractivity contribution >= 4 is 19.6 Å². The number of hydrogen-bond donors (Lipinski definition) is 7. The van der Waals surface area contributed by atoms with E-state index in [1.54, 1.807) is 0 Å². The van der Waals surface area contributed by atoms with Gasteiger partial charge in [-0.2, -0.15) is 0 Å². The van der Waals surface area contributed by atoms with Gasteiger partial charge in [0.1, 0.15) is 18.2 Å². The highest BCUT2D eigenvalue weighted by Crippen LogP contribution is 2.38. The summed E-state index contributed by atoms with van der Waals surface area (Å²) in [5.41, 5.74) is 10.8. The first-order valence-corrected chi connectivity index (χ1v) is 8.92. The second-order valence-corrected chi connectivity index (χ2v) is 6.41. The van der Waals surface area contributed by atoms with Crippen LogP contribution in [0.5, 0.6) is 0 Å². The van der Waals surface area contributed by atoms with Gasteiger partial charge in [-0.25, -0.2) is 4.57 Å². The summed E-state index contributed by atoms with van der Waals surface area (Å²) in [6.07, 6.45) is -4.81. The number of aliphatic hydroxyl groups excluding tert-OH is 3. The molecule has 0 aliphatic heterocycles. The molecule has 0 aliphatic rings. The first-order chi connectivity index (χ1) is 11.5. The van der Waals surface area contributed by atoms with Gasteiger partial charge in [-0.3, -0.25) is 14.1 Å². The van der Waals surface area contributed by atoms with Crippen LogP contribution in [0.4, 0.5) is 0 Å². The molecule has 0 aliphatic carbocycles. The van der Waals surface area contributed by atoms with Gasteiger partial charge in [0, 0.05) is 0 Å². The molecule has 0 radical (unpaired) electrons. The number of carbonyl (C=O) groups excluding carboxylic acids is 2. The van der Waals surface area contributed by atoms with Crippen LogP contribution in [0, 0.1) is 0 Å². The SMILES string of the molecule is NCCCC[C@H](N)C(=O)OCC(=O)[C@@H](OP(=O)(O)O)[C@H](O)[C@H](O)CO. The molecule has 0 bridgehead atoms. The standard InChI is InChI=1S/C12H25N2O10P/c13-4-2-1-3-7(14)12(19)23-6-9(17)11(24-25(20,21)22)10(18)8(16)5-15/h7-8,10-11,15-16,18H,1-6,13-14H2,(H2,20,21,22)/t7-,8+,10+,11+/m0/s1. The summed E-state index contributed by atoms with van der Waals surface area (Å²) in [5.74, 6) is -2.16. The Labute approximate surface area is 144 Å². The average molecular weight is 388 g/mol. The van der Waals surface area contributed by atoms with E-state index in [4.69, 9.17) is 26.4 Å². The third-order valence-corrected chi connectivity index (χ3v) is 3.59. The molecule has 0 unspecified atom stereocenters. The quantitative estimate of drug-likeness (QED) is 0.0938. The molecule has 0 aromatic rings. The number of nitrogens with two attached hydrogens (primary N) is 2. The van der Waals surface area contributed by atoms with Gasteiger partial charge in [-0.1, -0.05) is 6.42 Å². The Morgan fingerprint density at radius 2 is 1.76 bits per heavy atom.